The largest absolute Gasteiger partial charge is 0.397 e. The molecule has 0 saturated carbocycles. The summed E-state index contributed by atoms with van der Waals surface area (Å²) in [5, 5.41) is 3.94. The van der Waals surface area contributed by atoms with Crippen LogP contribution in [0.25, 0.3) is 10.9 Å². The van der Waals surface area contributed by atoms with E-state index in [4.69, 9.17) is 10.5 Å². The van der Waals surface area contributed by atoms with E-state index in [2.05, 4.69) is 22.2 Å². The van der Waals surface area contributed by atoms with Crippen molar-refractivity contribution in [2.45, 2.75) is 31.9 Å². The van der Waals surface area contributed by atoms with Crippen molar-refractivity contribution in [3.63, 3.8) is 0 Å². The molecule has 1 aliphatic rings. The fourth-order valence-corrected chi connectivity index (χ4v) is 2.55. The summed E-state index contributed by atoms with van der Waals surface area (Å²) >= 11 is 0. The Morgan fingerprint density at radius 1 is 1.55 bits per heavy atom. The lowest BCUT2D eigenvalue weighted by Gasteiger charge is -2.30. The molecule has 0 aliphatic carbocycles. The van der Waals surface area contributed by atoms with Crippen LogP contribution in [-0.4, -0.2) is 28.2 Å². The number of hydrogen-bond acceptors (Lipinski definition) is 5. The highest BCUT2D eigenvalue weighted by Gasteiger charge is 2.37. The summed E-state index contributed by atoms with van der Waals surface area (Å²) in [6.45, 7) is 4.88. The van der Waals surface area contributed by atoms with Crippen LogP contribution < -0.4 is 16.6 Å². The molecule has 2 atom stereocenters. The molecular formula is C14H18N4O2. The third-order valence-electron chi connectivity index (χ3n) is 4.12. The number of H-pyrrole nitrogens is 1. The van der Waals surface area contributed by atoms with E-state index in [1.807, 2.05) is 13.0 Å². The number of nitrogens with two attached hydrogens (primary N) is 1. The number of aromatic nitrogens is 2. The minimum Gasteiger partial charge on any atom is -0.397 e. The van der Waals surface area contributed by atoms with E-state index in [0.717, 1.165) is 18.7 Å². The van der Waals surface area contributed by atoms with E-state index < -0.39 is 0 Å². The highest BCUT2D eigenvalue weighted by molar-refractivity contribution is 5.88. The van der Waals surface area contributed by atoms with Gasteiger partial charge in [-0.2, -0.15) is 0 Å². The molecule has 2 unspecified atom stereocenters. The van der Waals surface area contributed by atoms with Crippen molar-refractivity contribution in [3.05, 3.63) is 28.8 Å². The summed E-state index contributed by atoms with van der Waals surface area (Å²) in [7, 11) is 0. The Kier molecular flexibility index (Phi) is 2.90. The van der Waals surface area contributed by atoms with Crippen LogP contribution in [0.2, 0.25) is 0 Å². The van der Waals surface area contributed by atoms with E-state index >= 15 is 0 Å². The smallest absolute Gasteiger partial charge is 0.258 e. The fraction of sp³-hybridized carbons (Fsp3) is 0.429. The van der Waals surface area contributed by atoms with Crippen molar-refractivity contribution in [1.82, 2.24) is 9.97 Å². The van der Waals surface area contributed by atoms with Gasteiger partial charge < -0.3 is 20.8 Å². The number of benzene rings is 1. The monoisotopic (exact) mass is 274 g/mol. The predicted octanol–water partition coefficient (Wildman–Crippen LogP) is 1.48. The van der Waals surface area contributed by atoms with E-state index in [-0.39, 0.29) is 17.2 Å². The number of nitrogens with zero attached hydrogens (tertiary/aromatic N) is 1. The van der Waals surface area contributed by atoms with Gasteiger partial charge in [0, 0.05) is 6.61 Å². The molecule has 0 bridgehead atoms. The van der Waals surface area contributed by atoms with Gasteiger partial charge in [0.1, 0.15) is 0 Å². The number of aromatic amines is 1. The summed E-state index contributed by atoms with van der Waals surface area (Å²) in [4.78, 5) is 18.4. The van der Waals surface area contributed by atoms with Crippen LogP contribution in [0, 0.1) is 0 Å². The minimum atomic E-state index is -0.183. The van der Waals surface area contributed by atoms with Crippen LogP contribution in [-0.2, 0) is 4.74 Å². The average molecular weight is 274 g/mol. The Bertz CT molecular complexity index is 712. The summed E-state index contributed by atoms with van der Waals surface area (Å²) in [6.07, 6.45) is 2.41. The third-order valence-corrected chi connectivity index (χ3v) is 4.12. The lowest BCUT2D eigenvalue weighted by molar-refractivity contribution is 0.105. The van der Waals surface area contributed by atoms with Crippen molar-refractivity contribution in [1.29, 1.82) is 0 Å². The zero-order chi connectivity index (χ0) is 14.3. The van der Waals surface area contributed by atoms with Crippen LogP contribution in [0.4, 0.5) is 11.4 Å². The van der Waals surface area contributed by atoms with Gasteiger partial charge in [-0.1, -0.05) is 0 Å². The lowest BCUT2D eigenvalue weighted by Crippen LogP contribution is -2.41. The fourth-order valence-electron chi connectivity index (χ4n) is 2.55. The first kappa shape index (κ1) is 12.9. The molecule has 2 heterocycles. The van der Waals surface area contributed by atoms with Crippen LogP contribution in [0.15, 0.2) is 23.3 Å². The van der Waals surface area contributed by atoms with Gasteiger partial charge in [-0.05, 0) is 32.4 Å². The molecule has 0 amide bonds. The van der Waals surface area contributed by atoms with Gasteiger partial charge in [0.05, 0.1) is 40.2 Å². The van der Waals surface area contributed by atoms with Gasteiger partial charge in [0.25, 0.3) is 5.56 Å². The molecule has 6 nitrogen and oxygen atoms in total. The molecular weight excluding hydrogens is 256 g/mol. The molecule has 1 fully saturated rings. The maximum absolute atomic E-state index is 11.7. The molecule has 1 aliphatic heterocycles. The van der Waals surface area contributed by atoms with E-state index in [1.54, 1.807) is 6.07 Å². The number of ether oxygens (including phenoxy) is 1. The highest BCUT2D eigenvalue weighted by Crippen LogP contribution is 2.32. The van der Waals surface area contributed by atoms with Gasteiger partial charge in [0.2, 0.25) is 0 Å². The number of rotatable bonds is 2. The Labute approximate surface area is 116 Å². The summed E-state index contributed by atoms with van der Waals surface area (Å²) in [5.74, 6) is 0. The van der Waals surface area contributed by atoms with E-state index in [1.165, 1.54) is 6.33 Å². The maximum Gasteiger partial charge on any atom is 0.258 e. The highest BCUT2D eigenvalue weighted by atomic mass is 16.5. The number of anilines is 2. The van der Waals surface area contributed by atoms with Crippen LogP contribution in [0.3, 0.4) is 0 Å². The SMILES string of the molecule is CC1OCCC1(C)Nc1cc2nc[nH]c(=O)c2cc1N. The zero-order valence-corrected chi connectivity index (χ0v) is 11.6. The van der Waals surface area contributed by atoms with Crippen LogP contribution in [0.1, 0.15) is 20.3 Å². The van der Waals surface area contributed by atoms with Gasteiger partial charge in [0.15, 0.2) is 0 Å². The molecule has 2 aromatic rings. The summed E-state index contributed by atoms with van der Waals surface area (Å²) in [5.41, 5.74) is 7.66. The molecule has 6 heteroatoms. The molecule has 20 heavy (non-hydrogen) atoms. The summed E-state index contributed by atoms with van der Waals surface area (Å²) < 4.78 is 5.61. The minimum absolute atomic E-state index is 0.102. The first-order valence-electron chi connectivity index (χ1n) is 6.66. The van der Waals surface area contributed by atoms with Gasteiger partial charge in [-0.25, -0.2) is 4.98 Å². The average Bonchev–Trinajstić information content (AvgIpc) is 2.72. The standard InChI is InChI=1S/C14H18N4O2/c1-8-14(2,3-4-20-8)18-12-6-11-9(5-10(12)15)13(19)17-7-16-11/h5-8,18H,3-4,15H2,1-2H3,(H,16,17,19). The topological polar surface area (TPSA) is 93.0 Å². The van der Waals surface area contributed by atoms with Crippen molar-refractivity contribution >= 4 is 22.3 Å². The first-order chi connectivity index (χ1) is 9.49. The van der Waals surface area contributed by atoms with Crippen LogP contribution in [0.5, 0.6) is 0 Å². The number of nitrogen functional groups attached to an aromatic ring is 1. The Morgan fingerprint density at radius 2 is 2.35 bits per heavy atom. The molecule has 1 saturated heterocycles. The van der Waals surface area contributed by atoms with Gasteiger partial charge in [-0.3, -0.25) is 4.79 Å². The van der Waals surface area contributed by atoms with Gasteiger partial charge >= 0.3 is 0 Å². The Balaban J connectivity index is 2.04. The van der Waals surface area contributed by atoms with Crippen molar-refractivity contribution in [2.75, 3.05) is 17.7 Å². The Hall–Kier alpha value is -2.08. The second kappa shape index (κ2) is 4.49. The zero-order valence-electron chi connectivity index (χ0n) is 11.6. The van der Waals surface area contributed by atoms with Crippen molar-refractivity contribution in [3.8, 4) is 0 Å². The third kappa shape index (κ3) is 2.02. The van der Waals surface area contributed by atoms with Crippen molar-refractivity contribution < 1.29 is 4.74 Å². The summed E-state index contributed by atoms with van der Waals surface area (Å²) in [6, 6.07) is 3.48. The molecule has 3 rings (SSSR count). The Morgan fingerprint density at radius 3 is 3.05 bits per heavy atom. The molecule has 1 aromatic carbocycles. The van der Waals surface area contributed by atoms with E-state index in [0.29, 0.717) is 16.6 Å². The molecule has 0 spiro atoms. The first-order valence-corrected chi connectivity index (χ1v) is 6.66. The van der Waals surface area contributed by atoms with Crippen LogP contribution >= 0.6 is 0 Å². The number of fused-ring (bicyclic) bond motifs is 1. The number of nitrogens with one attached hydrogen (secondary N) is 2. The molecule has 1 aromatic heterocycles. The lowest BCUT2D eigenvalue weighted by atomic mass is 9.94. The van der Waals surface area contributed by atoms with E-state index in [9.17, 15) is 4.79 Å². The second-order valence-corrected chi connectivity index (χ2v) is 5.49. The molecule has 0 radical (unpaired) electrons. The second-order valence-electron chi connectivity index (χ2n) is 5.49. The van der Waals surface area contributed by atoms with Crippen molar-refractivity contribution in [2.24, 2.45) is 0 Å². The normalized spacial score (nSPS) is 26.0. The quantitative estimate of drug-likeness (QED) is 0.721. The molecule has 106 valence electrons. The predicted molar refractivity (Wildman–Crippen MR) is 78.8 cm³/mol. The number of hydrogen-bond donors (Lipinski definition) is 3. The maximum atomic E-state index is 11.7. The molecule has 4 N–H and O–H groups in total. The van der Waals surface area contributed by atoms with Gasteiger partial charge in [-0.15, -0.1) is 0 Å².